The average molecular weight is 355 g/mol. The van der Waals surface area contributed by atoms with Gasteiger partial charge in [0, 0.05) is 35.7 Å². The number of benzene rings is 1. The molecule has 1 aliphatic rings. The highest BCUT2D eigenvalue weighted by Gasteiger charge is 2.55. The zero-order valence-electron chi connectivity index (χ0n) is 13.0. The van der Waals surface area contributed by atoms with E-state index in [-0.39, 0.29) is 19.4 Å². The van der Waals surface area contributed by atoms with Crippen LogP contribution in [0.5, 0.6) is 0 Å². The monoisotopic (exact) mass is 354 g/mol. The molecule has 1 saturated carbocycles. The van der Waals surface area contributed by atoms with Crippen LogP contribution in [0.4, 0.5) is 19.4 Å². The predicted molar refractivity (Wildman–Crippen MR) is 88.0 cm³/mol. The van der Waals surface area contributed by atoms with Gasteiger partial charge in [0.2, 0.25) is 0 Å². The Morgan fingerprint density at radius 3 is 2.88 bits per heavy atom. The van der Waals surface area contributed by atoms with Gasteiger partial charge in [0.1, 0.15) is 0 Å². The van der Waals surface area contributed by atoms with Crippen LogP contribution in [0, 0.1) is 12.8 Å². The molecular formula is C16H17ClF2N4O. The molecule has 2 aromatic rings. The largest absolute Gasteiger partial charge is 0.338 e. The van der Waals surface area contributed by atoms with E-state index < -0.39 is 17.9 Å². The van der Waals surface area contributed by atoms with Crippen molar-refractivity contribution in [1.82, 2.24) is 15.1 Å². The SMILES string of the molecule is Cc1cc(NC(=O)NCCC2CC2(F)F)nn1-c1cccc(Cl)c1. The second-order valence-corrected chi connectivity index (χ2v) is 6.33. The third-order valence-electron chi connectivity index (χ3n) is 3.92. The van der Waals surface area contributed by atoms with Gasteiger partial charge in [-0.1, -0.05) is 17.7 Å². The quantitative estimate of drug-likeness (QED) is 0.852. The number of nitrogens with one attached hydrogen (secondary N) is 2. The summed E-state index contributed by atoms with van der Waals surface area (Å²) in [6.45, 7) is 2.06. The smallest absolute Gasteiger partial charge is 0.320 e. The molecule has 1 aromatic carbocycles. The molecule has 0 aliphatic heterocycles. The number of halogens is 3. The number of amides is 2. The van der Waals surface area contributed by atoms with Crippen LogP contribution in [0.2, 0.25) is 5.02 Å². The molecule has 3 rings (SSSR count). The summed E-state index contributed by atoms with van der Waals surface area (Å²) in [6.07, 6.45) is 0.190. The van der Waals surface area contributed by atoms with Crippen molar-refractivity contribution >= 4 is 23.4 Å². The molecule has 0 saturated heterocycles. The Labute approximate surface area is 143 Å². The minimum absolute atomic E-state index is 0.0838. The molecule has 2 amide bonds. The molecule has 0 spiro atoms. The number of aryl methyl sites for hydroxylation is 1. The molecule has 2 N–H and O–H groups in total. The fraction of sp³-hybridized carbons (Fsp3) is 0.375. The molecule has 128 valence electrons. The number of anilines is 1. The van der Waals surface area contributed by atoms with Gasteiger partial charge in [-0.25, -0.2) is 18.3 Å². The number of alkyl halides is 2. The van der Waals surface area contributed by atoms with E-state index in [1.807, 2.05) is 19.1 Å². The molecule has 1 unspecified atom stereocenters. The van der Waals surface area contributed by atoms with Gasteiger partial charge < -0.3 is 5.32 Å². The highest BCUT2D eigenvalue weighted by Crippen LogP contribution is 2.50. The van der Waals surface area contributed by atoms with Crippen LogP contribution in [0.3, 0.4) is 0 Å². The van der Waals surface area contributed by atoms with Gasteiger partial charge in [-0.15, -0.1) is 5.10 Å². The Morgan fingerprint density at radius 2 is 2.21 bits per heavy atom. The first kappa shape index (κ1) is 16.7. The number of aromatic nitrogens is 2. The molecular weight excluding hydrogens is 338 g/mol. The van der Waals surface area contributed by atoms with Crippen LogP contribution in [0.1, 0.15) is 18.5 Å². The summed E-state index contributed by atoms with van der Waals surface area (Å²) in [4.78, 5) is 11.8. The predicted octanol–water partition coefficient (Wildman–Crippen LogP) is 4.00. The fourth-order valence-electron chi connectivity index (χ4n) is 2.51. The van der Waals surface area contributed by atoms with Crippen LogP contribution >= 0.6 is 11.6 Å². The summed E-state index contributed by atoms with van der Waals surface area (Å²) in [5.41, 5.74) is 1.61. The van der Waals surface area contributed by atoms with Gasteiger partial charge in [-0.05, 0) is 31.5 Å². The van der Waals surface area contributed by atoms with Crippen molar-refractivity contribution in [3.63, 3.8) is 0 Å². The number of hydrogen-bond acceptors (Lipinski definition) is 2. The summed E-state index contributed by atoms with van der Waals surface area (Å²) in [5, 5.41) is 10.1. The van der Waals surface area contributed by atoms with Crippen molar-refractivity contribution in [2.24, 2.45) is 5.92 Å². The number of carbonyl (C=O) groups excluding carboxylic acids is 1. The first-order chi connectivity index (χ1) is 11.3. The van der Waals surface area contributed by atoms with Crippen molar-refractivity contribution < 1.29 is 13.6 Å². The van der Waals surface area contributed by atoms with Crippen LogP contribution in [-0.2, 0) is 0 Å². The van der Waals surface area contributed by atoms with E-state index in [9.17, 15) is 13.6 Å². The van der Waals surface area contributed by atoms with Gasteiger partial charge in [0.25, 0.3) is 5.92 Å². The van der Waals surface area contributed by atoms with Gasteiger partial charge in [-0.3, -0.25) is 5.32 Å². The summed E-state index contributed by atoms with van der Waals surface area (Å²) in [6, 6.07) is 8.45. The molecule has 1 atom stereocenters. The van der Waals surface area contributed by atoms with Gasteiger partial charge >= 0.3 is 6.03 Å². The number of carbonyl (C=O) groups is 1. The Kier molecular flexibility index (Phi) is 4.45. The molecule has 5 nitrogen and oxygen atoms in total. The van der Waals surface area contributed by atoms with Gasteiger partial charge in [-0.2, -0.15) is 0 Å². The van der Waals surface area contributed by atoms with E-state index in [0.717, 1.165) is 11.4 Å². The lowest BCUT2D eigenvalue weighted by Crippen LogP contribution is -2.30. The second-order valence-electron chi connectivity index (χ2n) is 5.89. The molecule has 1 aliphatic carbocycles. The highest BCUT2D eigenvalue weighted by atomic mass is 35.5. The Bertz CT molecular complexity index is 762. The van der Waals surface area contributed by atoms with E-state index in [2.05, 4.69) is 15.7 Å². The van der Waals surface area contributed by atoms with E-state index in [1.54, 1.807) is 22.9 Å². The highest BCUT2D eigenvalue weighted by molar-refractivity contribution is 6.30. The molecule has 8 heteroatoms. The first-order valence-corrected chi connectivity index (χ1v) is 7.98. The summed E-state index contributed by atoms with van der Waals surface area (Å²) < 4.78 is 27.2. The van der Waals surface area contributed by atoms with Crippen molar-refractivity contribution in [2.45, 2.75) is 25.7 Å². The average Bonchev–Trinajstić information content (AvgIpc) is 2.94. The maximum Gasteiger partial charge on any atom is 0.320 e. The topological polar surface area (TPSA) is 59.0 Å². The van der Waals surface area contributed by atoms with Crippen molar-refractivity contribution in [3.05, 3.63) is 41.0 Å². The molecule has 1 fully saturated rings. The summed E-state index contributed by atoms with van der Waals surface area (Å²) in [7, 11) is 0. The third kappa shape index (κ3) is 3.84. The van der Waals surface area contributed by atoms with Crippen LogP contribution < -0.4 is 10.6 Å². The number of rotatable bonds is 5. The third-order valence-corrected chi connectivity index (χ3v) is 4.15. The molecule has 1 aromatic heterocycles. The lowest BCUT2D eigenvalue weighted by Gasteiger charge is -2.06. The van der Waals surface area contributed by atoms with Crippen LogP contribution in [0.15, 0.2) is 30.3 Å². The van der Waals surface area contributed by atoms with Gasteiger partial charge in [0.15, 0.2) is 5.82 Å². The lowest BCUT2D eigenvalue weighted by molar-refractivity contribution is 0.0971. The zero-order valence-corrected chi connectivity index (χ0v) is 13.8. The van der Waals surface area contributed by atoms with E-state index in [1.165, 1.54) is 0 Å². The maximum atomic E-state index is 12.8. The second kappa shape index (κ2) is 6.39. The van der Waals surface area contributed by atoms with Crippen molar-refractivity contribution in [2.75, 3.05) is 11.9 Å². The van der Waals surface area contributed by atoms with E-state index in [4.69, 9.17) is 11.6 Å². The van der Waals surface area contributed by atoms with Gasteiger partial charge in [0.05, 0.1) is 5.69 Å². The van der Waals surface area contributed by atoms with E-state index in [0.29, 0.717) is 10.8 Å². The van der Waals surface area contributed by atoms with Crippen LogP contribution in [0.25, 0.3) is 5.69 Å². The maximum absolute atomic E-state index is 12.8. The lowest BCUT2D eigenvalue weighted by atomic mass is 10.3. The minimum atomic E-state index is -2.55. The van der Waals surface area contributed by atoms with E-state index >= 15 is 0 Å². The zero-order chi connectivity index (χ0) is 17.3. The van der Waals surface area contributed by atoms with Crippen molar-refractivity contribution in [1.29, 1.82) is 0 Å². The number of urea groups is 1. The minimum Gasteiger partial charge on any atom is -0.338 e. The number of nitrogens with zero attached hydrogens (tertiary/aromatic N) is 2. The fourth-order valence-corrected chi connectivity index (χ4v) is 2.69. The Hall–Kier alpha value is -2.15. The number of hydrogen-bond donors (Lipinski definition) is 2. The molecule has 0 bridgehead atoms. The Balaban J connectivity index is 1.56. The van der Waals surface area contributed by atoms with Crippen molar-refractivity contribution in [3.8, 4) is 5.69 Å². The molecule has 24 heavy (non-hydrogen) atoms. The molecule has 1 heterocycles. The summed E-state index contributed by atoms with van der Waals surface area (Å²) in [5.74, 6) is -2.78. The normalized spacial score (nSPS) is 18.2. The molecule has 0 radical (unpaired) electrons. The Morgan fingerprint density at radius 1 is 1.46 bits per heavy atom. The standard InChI is InChI=1S/C16H17ClF2N4O/c1-10-7-14(22-23(10)13-4-2-3-12(17)8-13)21-15(24)20-6-5-11-9-16(11,18)19/h2-4,7-8,11H,5-6,9H2,1H3,(H2,20,21,22,24). The van der Waals surface area contributed by atoms with Crippen LogP contribution in [-0.4, -0.2) is 28.3 Å². The summed E-state index contributed by atoms with van der Waals surface area (Å²) >= 11 is 5.97. The first-order valence-electron chi connectivity index (χ1n) is 7.60.